The Labute approximate surface area is 172 Å². The first-order valence-electron chi connectivity index (χ1n) is 10.1. The van der Waals surface area contributed by atoms with E-state index in [0.717, 1.165) is 0 Å². The van der Waals surface area contributed by atoms with E-state index in [2.05, 4.69) is 31.1 Å². The van der Waals surface area contributed by atoms with Crippen molar-refractivity contribution in [2.75, 3.05) is 25.0 Å². The first-order chi connectivity index (χ1) is 13.8. The number of carbonyl (C=O) groups is 2. The Morgan fingerprint density at radius 1 is 1.10 bits per heavy atom. The average Bonchev–Trinajstić information content (AvgIpc) is 2.72. The summed E-state index contributed by atoms with van der Waals surface area (Å²) in [7, 11) is 0. The predicted molar refractivity (Wildman–Crippen MR) is 113 cm³/mol. The molecule has 1 fully saturated rings. The van der Waals surface area contributed by atoms with E-state index in [1.807, 2.05) is 30.3 Å². The highest BCUT2D eigenvalue weighted by molar-refractivity contribution is 5.91. The normalized spacial score (nSPS) is 15.1. The topological polar surface area (TPSA) is 71.5 Å². The Morgan fingerprint density at radius 3 is 2.38 bits per heavy atom. The number of piperidine rings is 1. The lowest BCUT2D eigenvalue weighted by atomic mass is 9.87. The molecule has 29 heavy (non-hydrogen) atoms. The third kappa shape index (κ3) is 5.79. The molecule has 0 saturated carbocycles. The van der Waals surface area contributed by atoms with Crippen molar-refractivity contribution in [3.63, 3.8) is 0 Å². The number of nitrogens with one attached hydrogen (secondary N) is 1. The van der Waals surface area contributed by atoms with Crippen molar-refractivity contribution in [2.24, 2.45) is 5.92 Å². The van der Waals surface area contributed by atoms with Crippen molar-refractivity contribution in [3.05, 3.63) is 54.2 Å². The number of carbonyl (C=O) groups excluding carboxylic acids is 2. The van der Waals surface area contributed by atoms with Gasteiger partial charge in [-0.1, -0.05) is 39.0 Å². The van der Waals surface area contributed by atoms with Crippen LogP contribution in [0.4, 0.5) is 5.82 Å². The smallest absolute Gasteiger partial charge is 0.260 e. The molecule has 1 N–H and O–H groups in total. The zero-order valence-corrected chi connectivity index (χ0v) is 17.4. The Kier molecular flexibility index (Phi) is 6.52. The number of amides is 2. The summed E-state index contributed by atoms with van der Waals surface area (Å²) in [6.07, 6.45) is 2.93. The van der Waals surface area contributed by atoms with E-state index in [-0.39, 0.29) is 29.8 Å². The average molecular weight is 396 g/mol. The number of rotatable bonds is 5. The van der Waals surface area contributed by atoms with Crippen LogP contribution in [0.25, 0.3) is 0 Å². The summed E-state index contributed by atoms with van der Waals surface area (Å²) in [4.78, 5) is 30.7. The number of hydrogen-bond donors (Lipinski definition) is 1. The zero-order chi connectivity index (χ0) is 20.9. The summed E-state index contributed by atoms with van der Waals surface area (Å²) in [5.74, 6) is 1.06. The van der Waals surface area contributed by atoms with Crippen LogP contribution in [0, 0.1) is 5.92 Å². The van der Waals surface area contributed by atoms with Gasteiger partial charge in [0, 0.05) is 25.2 Å². The van der Waals surface area contributed by atoms with Crippen molar-refractivity contribution in [3.8, 4) is 5.75 Å². The maximum atomic E-state index is 12.5. The lowest BCUT2D eigenvalue weighted by Crippen LogP contribution is -2.43. The molecule has 0 atom stereocenters. The highest BCUT2D eigenvalue weighted by atomic mass is 16.5. The van der Waals surface area contributed by atoms with Crippen LogP contribution in [-0.2, 0) is 15.0 Å². The second kappa shape index (κ2) is 9.07. The summed E-state index contributed by atoms with van der Waals surface area (Å²) in [5, 5.41) is 2.84. The molecule has 0 spiro atoms. The lowest BCUT2D eigenvalue weighted by Gasteiger charge is -2.31. The van der Waals surface area contributed by atoms with Gasteiger partial charge in [-0.05, 0) is 48.1 Å². The quantitative estimate of drug-likeness (QED) is 0.839. The van der Waals surface area contributed by atoms with E-state index in [1.165, 1.54) is 5.56 Å². The second-order valence-electron chi connectivity index (χ2n) is 8.42. The molecule has 1 saturated heterocycles. The number of pyridine rings is 1. The van der Waals surface area contributed by atoms with E-state index in [1.54, 1.807) is 23.2 Å². The summed E-state index contributed by atoms with van der Waals surface area (Å²) < 4.78 is 5.66. The predicted octanol–water partition coefficient (Wildman–Crippen LogP) is 3.64. The second-order valence-corrected chi connectivity index (χ2v) is 8.42. The molecule has 1 aliphatic rings. The minimum absolute atomic E-state index is 0.0136. The monoisotopic (exact) mass is 395 g/mol. The molecular formula is C23H29N3O3. The van der Waals surface area contributed by atoms with Crippen molar-refractivity contribution in [1.82, 2.24) is 9.88 Å². The fourth-order valence-corrected chi connectivity index (χ4v) is 3.34. The molecule has 1 aliphatic heterocycles. The van der Waals surface area contributed by atoms with Crippen LogP contribution in [0.1, 0.15) is 39.2 Å². The fraction of sp³-hybridized carbons (Fsp3) is 0.435. The molecule has 0 aliphatic carbocycles. The summed E-state index contributed by atoms with van der Waals surface area (Å²) in [6.45, 7) is 7.61. The number of anilines is 1. The minimum atomic E-state index is -0.105. The molecule has 2 aromatic rings. The molecule has 6 heteroatoms. The van der Waals surface area contributed by atoms with Gasteiger partial charge in [0.25, 0.3) is 5.91 Å². The third-order valence-corrected chi connectivity index (χ3v) is 5.22. The van der Waals surface area contributed by atoms with Crippen LogP contribution in [0.3, 0.4) is 0 Å². The zero-order valence-electron chi connectivity index (χ0n) is 17.4. The maximum Gasteiger partial charge on any atom is 0.260 e. The molecular weight excluding hydrogens is 366 g/mol. The van der Waals surface area contributed by atoms with Gasteiger partial charge < -0.3 is 15.0 Å². The molecule has 2 amide bonds. The lowest BCUT2D eigenvalue weighted by molar-refractivity contribution is -0.136. The first-order valence-corrected chi connectivity index (χ1v) is 10.1. The summed E-state index contributed by atoms with van der Waals surface area (Å²) in [5.41, 5.74) is 1.31. The molecule has 2 heterocycles. The molecule has 1 aromatic carbocycles. The highest BCUT2D eigenvalue weighted by Gasteiger charge is 2.27. The van der Waals surface area contributed by atoms with E-state index >= 15 is 0 Å². The largest absolute Gasteiger partial charge is 0.484 e. The number of nitrogens with zero attached hydrogens (tertiary/aromatic N) is 2. The Bertz CT molecular complexity index is 821. The van der Waals surface area contributed by atoms with Gasteiger partial charge in [0.15, 0.2) is 6.61 Å². The molecule has 0 bridgehead atoms. The molecule has 154 valence electrons. The van der Waals surface area contributed by atoms with E-state index in [9.17, 15) is 9.59 Å². The van der Waals surface area contributed by atoms with E-state index in [4.69, 9.17) is 4.74 Å². The molecule has 6 nitrogen and oxygen atoms in total. The van der Waals surface area contributed by atoms with Crippen molar-refractivity contribution in [1.29, 1.82) is 0 Å². The van der Waals surface area contributed by atoms with E-state index < -0.39 is 0 Å². The Hall–Kier alpha value is -2.89. The molecule has 0 unspecified atom stereocenters. The van der Waals surface area contributed by atoms with Crippen LogP contribution < -0.4 is 10.1 Å². The van der Waals surface area contributed by atoms with Crippen LogP contribution in [0.2, 0.25) is 0 Å². The number of likely N-dealkylation sites (tertiary alicyclic amines) is 1. The van der Waals surface area contributed by atoms with Crippen molar-refractivity contribution >= 4 is 17.6 Å². The van der Waals surface area contributed by atoms with Crippen molar-refractivity contribution < 1.29 is 14.3 Å². The van der Waals surface area contributed by atoms with Crippen LogP contribution in [0.15, 0.2) is 48.7 Å². The summed E-state index contributed by atoms with van der Waals surface area (Å²) in [6, 6.07) is 13.3. The van der Waals surface area contributed by atoms with Gasteiger partial charge in [0.1, 0.15) is 11.6 Å². The minimum Gasteiger partial charge on any atom is -0.484 e. The number of aromatic nitrogens is 1. The van der Waals surface area contributed by atoms with E-state index in [0.29, 0.717) is 37.5 Å². The van der Waals surface area contributed by atoms with Crippen LogP contribution in [-0.4, -0.2) is 41.4 Å². The van der Waals surface area contributed by atoms with Crippen LogP contribution in [0.5, 0.6) is 5.75 Å². The van der Waals surface area contributed by atoms with Gasteiger partial charge in [-0.15, -0.1) is 0 Å². The third-order valence-electron chi connectivity index (χ3n) is 5.22. The molecule has 0 radical (unpaired) electrons. The standard InChI is InChI=1S/C23H29N3O3/c1-23(2,3)18-7-9-19(10-8-18)29-16-21(27)26-14-11-17(12-15-26)22(28)25-20-6-4-5-13-24-20/h4-10,13,17H,11-12,14-16H2,1-3H3,(H,24,25,28). The maximum absolute atomic E-state index is 12.5. The fourth-order valence-electron chi connectivity index (χ4n) is 3.34. The molecule has 1 aromatic heterocycles. The Morgan fingerprint density at radius 2 is 1.79 bits per heavy atom. The van der Waals surface area contributed by atoms with Crippen LogP contribution >= 0.6 is 0 Å². The van der Waals surface area contributed by atoms with Gasteiger partial charge in [-0.3, -0.25) is 9.59 Å². The SMILES string of the molecule is CC(C)(C)c1ccc(OCC(=O)N2CCC(C(=O)Nc3ccccn3)CC2)cc1. The first kappa shape index (κ1) is 20.8. The van der Waals surface area contributed by atoms with Gasteiger partial charge in [-0.25, -0.2) is 4.98 Å². The summed E-state index contributed by atoms with van der Waals surface area (Å²) >= 11 is 0. The molecule has 3 rings (SSSR count). The van der Waals surface area contributed by atoms with Gasteiger partial charge in [0.05, 0.1) is 0 Å². The number of benzene rings is 1. The highest BCUT2D eigenvalue weighted by Crippen LogP contribution is 2.24. The van der Waals surface area contributed by atoms with Gasteiger partial charge >= 0.3 is 0 Å². The van der Waals surface area contributed by atoms with Gasteiger partial charge in [0.2, 0.25) is 5.91 Å². The van der Waals surface area contributed by atoms with Crippen molar-refractivity contribution in [2.45, 2.75) is 39.0 Å². The van der Waals surface area contributed by atoms with Gasteiger partial charge in [-0.2, -0.15) is 0 Å². The number of hydrogen-bond acceptors (Lipinski definition) is 4. The number of ether oxygens (including phenoxy) is 1. The Balaban J connectivity index is 1.43.